The zero-order chi connectivity index (χ0) is 12.3. The van der Waals surface area contributed by atoms with Gasteiger partial charge in [-0.2, -0.15) is 5.26 Å². The number of nitrogens with one attached hydrogen (secondary N) is 1. The number of fused-ring (bicyclic) bond motifs is 1. The van der Waals surface area contributed by atoms with Crippen LogP contribution in [0.5, 0.6) is 0 Å². The molecule has 1 amide bonds. The van der Waals surface area contributed by atoms with E-state index < -0.39 is 5.91 Å². The Morgan fingerprint density at radius 1 is 1.53 bits per heavy atom. The number of aryl methyl sites for hydroxylation is 2. The topological polar surface area (TPSA) is 91.8 Å². The van der Waals surface area contributed by atoms with Gasteiger partial charge in [0, 0.05) is 11.1 Å². The average molecular weight is 248 g/mol. The van der Waals surface area contributed by atoms with E-state index in [1.807, 2.05) is 0 Å². The Labute approximate surface area is 103 Å². The maximum absolute atomic E-state index is 10.8. The van der Waals surface area contributed by atoms with Crippen LogP contribution in [-0.4, -0.2) is 10.9 Å². The predicted octanol–water partition coefficient (Wildman–Crippen LogP) is 1.33. The molecule has 0 bridgehead atoms. The van der Waals surface area contributed by atoms with E-state index in [4.69, 9.17) is 11.0 Å². The van der Waals surface area contributed by atoms with Crippen molar-refractivity contribution in [3.05, 3.63) is 22.3 Å². The van der Waals surface area contributed by atoms with Crippen molar-refractivity contribution in [1.82, 2.24) is 4.98 Å². The summed E-state index contributed by atoms with van der Waals surface area (Å²) in [5, 5.41) is 12.2. The lowest BCUT2D eigenvalue weighted by Crippen LogP contribution is -2.13. The number of carbonyl (C=O) groups is 1. The molecule has 3 N–H and O–H groups in total. The highest BCUT2D eigenvalue weighted by atomic mass is 32.1. The number of primary amides is 1. The summed E-state index contributed by atoms with van der Waals surface area (Å²) in [7, 11) is 0. The number of hydrogen-bond donors (Lipinski definition) is 2. The molecule has 0 aliphatic heterocycles. The van der Waals surface area contributed by atoms with Gasteiger partial charge in [-0.25, -0.2) is 4.98 Å². The Balaban J connectivity index is 2.12. The molecule has 0 aromatic carbocycles. The lowest BCUT2D eigenvalue weighted by molar-refractivity contribution is -0.114. The smallest absolute Gasteiger partial charge is 0.260 e. The Morgan fingerprint density at radius 2 is 2.29 bits per heavy atom. The summed E-state index contributed by atoms with van der Waals surface area (Å²) in [4.78, 5) is 16.5. The van der Waals surface area contributed by atoms with Gasteiger partial charge in [-0.05, 0) is 25.7 Å². The Morgan fingerprint density at radius 3 is 2.94 bits per heavy atom. The first-order chi connectivity index (χ1) is 8.20. The number of aromatic nitrogens is 1. The van der Waals surface area contributed by atoms with E-state index in [0.717, 1.165) is 18.5 Å². The molecule has 1 aromatic heterocycles. The quantitative estimate of drug-likeness (QED) is 0.623. The van der Waals surface area contributed by atoms with Crippen LogP contribution >= 0.6 is 11.3 Å². The molecule has 1 aliphatic rings. The van der Waals surface area contributed by atoms with E-state index in [-0.39, 0.29) is 5.57 Å². The Kier molecular flexibility index (Phi) is 3.40. The molecule has 1 heterocycles. The van der Waals surface area contributed by atoms with Crippen LogP contribution in [0.2, 0.25) is 0 Å². The third-order valence-electron chi connectivity index (χ3n) is 2.57. The molecule has 0 atom stereocenters. The van der Waals surface area contributed by atoms with E-state index in [1.165, 1.54) is 23.9 Å². The number of carbonyl (C=O) groups excluding carboxylic acids is 1. The normalized spacial score (nSPS) is 14.9. The second-order valence-corrected chi connectivity index (χ2v) is 4.86. The molecular formula is C11H12N4OS. The van der Waals surface area contributed by atoms with Gasteiger partial charge in [0.1, 0.15) is 11.6 Å². The molecule has 88 valence electrons. The van der Waals surface area contributed by atoms with E-state index in [2.05, 4.69) is 10.3 Å². The molecular weight excluding hydrogens is 236 g/mol. The molecule has 17 heavy (non-hydrogen) atoms. The van der Waals surface area contributed by atoms with E-state index in [0.29, 0.717) is 5.13 Å². The van der Waals surface area contributed by atoms with E-state index >= 15 is 0 Å². The number of thiazole rings is 1. The van der Waals surface area contributed by atoms with Gasteiger partial charge in [-0.15, -0.1) is 11.3 Å². The van der Waals surface area contributed by atoms with Crippen molar-refractivity contribution in [3.63, 3.8) is 0 Å². The molecule has 0 spiro atoms. The fourth-order valence-electron chi connectivity index (χ4n) is 1.71. The van der Waals surface area contributed by atoms with Crippen molar-refractivity contribution in [2.75, 3.05) is 5.32 Å². The number of anilines is 1. The molecule has 0 saturated heterocycles. The second kappa shape index (κ2) is 4.97. The Bertz CT molecular complexity index is 489. The maximum atomic E-state index is 10.8. The summed E-state index contributed by atoms with van der Waals surface area (Å²) in [5.74, 6) is -0.735. The predicted molar refractivity (Wildman–Crippen MR) is 65.3 cm³/mol. The second-order valence-electron chi connectivity index (χ2n) is 3.77. The van der Waals surface area contributed by atoms with Crippen LogP contribution in [0.15, 0.2) is 11.8 Å². The molecule has 1 aliphatic carbocycles. The van der Waals surface area contributed by atoms with Crippen LogP contribution in [0.1, 0.15) is 23.4 Å². The van der Waals surface area contributed by atoms with Gasteiger partial charge in [0.05, 0.1) is 5.69 Å². The number of rotatable bonds is 3. The van der Waals surface area contributed by atoms with Gasteiger partial charge in [-0.3, -0.25) is 4.79 Å². The van der Waals surface area contributed by atoms with Crippen molar-refractivity contribution in [1.29, 1.82) is 5.26 Å². The number of nitrogens with zero attached hydrogens (tertiary/aromatic N) is 2. The number of nitriles is 1. The van der Waals surface area contributed by atoms with E-state index in [1.54, 1.807) is 17.4 Å². The van der Waals surface area contributed by atoms with Gasteiger partial charge in [0.15, 0.2) is 5.13 Å². The van der Waals surface area contributed by atoms with Gasteiger partial charge >= 0.3 is 0 Å². The highest BCUT2D eigenvalue weighted by molar-refractivity contribution is 7.15. The summed E-state index contributed by atoms with van der Waals surface area (Å²) < 4.78 is 0. The van der Waals surface area contributed by atoms with Crippen LogP contribution in [0.3, 0.4) is 0 Å². The molecule has 0 fully saturated rings. The monoisotopic (exact) mass is 248 g/mol. The minimum atomic E-state index is -0.735. The van der Waals surface area contributed by atoms with Crippen LogP contribution in [0.4, 0.5) is 5.13 Å². The first-order valence-corrected chi connectivity index (χ1v) is 6.17. The van der Waals surface area contributed by atoms with Gasteiger partial charge in [0.25, 0.3) is 5.91 Å². The summed E-state index contributed by atoms with van der Waals surface area (Å²) >= 11 is 1.57. The zero-order valence-corrected chi connectivity index (χ0v) is 10.0. The largest absolute Gasteiger partial charge is 0.365 e. The highest BCUT2D eigenvalue weighted by Gasteiger charge is 2.14. The number of nitrogens with two attached hydrogens (primary N) is 1. The minimum absolute atomic E-state index is 0.0989. The van der Waals surface area contributed by atoms with Crippen molar-refractivity contribution in [3.8, 4) is 6.07 Å². The molecule has 1 aromatic rings. The van der Waals surface area contributed by atoms with Crippen molar-refractivity contribution >= 4 is 22.4 Å². The third kappa shape index (κ3) is 2.63. The van der Waals surface area contributed by atoms with Gasteiger partial charge in [0.2, 0.25) is 0 Å². The summed E-state index contributed by atoms with van der Waals surface area (Å²) in [6.07, 6.45) is 5.77. The fraction of sp³-hybridized carbons (Fsp3) is 0.364. The van der Waals surface area contributed by atoms with Crippen molar-refractivity contribution in [2.24, 2.45) is 5.73 Å². The van der Waals surface area contributed by atoms with Crippen LogP contribution in [0, 0.1) is 11.3 Å². The van der Waals surface area contributed by atoms with Crippen LogP contribution in [-0.2, 0) is 17.6 Å². The number of hydrogen-bond acceptors (Lipinski definition) is 5. The minimum Gasteiger partial charge on any atom is -0.365 e. The summed E-state index contributed by atoms with van der Waals surface area (Å²) in [5.41, 5.74) is 6.06. The standard InChI is InChI=1S/C11H12N4OS/c12-5-7(10(13)16)6-14-11-15-8-3-1-2-4-9(8)17-11/h6H,1-4H2,(H2,13,16)(H,14,15)/b7-6+. The van der Waals surface area contributed by atoms with E-state index in [9.17, 15) is 4.79 Å². The average Bonchev–Trinajstić information content (AvgIpc) is 2.71. The first-order valence-electron chi connectivity index (χ1n) is 5.36. The summed E-state index contributed by atoms with van der Waals surface area (Å²) in [6.45, 7) is 0. The van der Waals surface area contributed by atoms with Crippen molar-refractivity contribution in [2.45, 2.75) is 25.7 Å². The van der Waals surface area contributed by atoms with Crippen LogP contribution < -0.4 is 11.1 Å². The molecule has 6 heteroatoms. The lowest BCUT2D eigenvalue weighted by Gasteiger charge is -2.06. The maximum Gasteiger partial charge on any atom is 0.260 e. The zero-order valence-electron chi connectivity index (χ0n) is 9.19. The van der Waals surface area contributed by atoms with Gasteiger partial charge in [-0.1, -0.05) is 0 Å². The first kappa shape index (κ1) is 11.6. The molecule has 0 saturated carbocycles. The van der Waals surface area contributed by atoms with Gasteiger partial charge < -0.3 is 11.1 Å². The Hall–Kier alpha value is -1.87. The molecule has 0 radical (unpaired) electrons. The molecule has 0 unspecified atom stereocenters. The van der Waals surface area contributed by atoms with Crippen molar-refractivity contribution < 1.29 is 4.79 Å². The highest BCUT2D eigenvalue weighted by Crippen LogP contribution is 2.29. The molecule has 2 rings (SSSR count). The summed E-state index contributed by atoms with van der Waals surface area (Å²) in [6, 6.07) is 1.73. The molecule has 5 nitrogen and oxygen atoms in total. The van der Waals surface area contributed by atoms with Crippen LogP contribution in [0.25, 0.3) is 0 Å². The third-order valence-corrected chi connectivity index (χ3v) is 3.66. The number of amides is 1. The SMILES string of the molecule is N#C/C(=C\Nc1nc2c(s1)CCCC2)C(N)=O. The lowest BCUT2D eigenvalue weighted by atomic mass is 10.0. The fourth-order valence-corrected chi connectivity index (χ4v) is 2.73.